The molecule has 1 N–H and O–H groups in total. The van der Waals surface area contributed by atoms with Crippen LogP contribution in [0.3, 0.4) is 0 Å². The molecular weight excluding hydrogens is 357 g/mol. The van der Waals surface area contributed by atoms with Crippen molar-refractivity contribution in [3.8, 4) is 11.4 Å². The first kappa shape index (κ1) is 17.7. The quantitative estimate of drug-likeness (QED) is 0.573. The molecule has 0 atom stereocenters. The largest absolute Gasteiger partial charge is 0.322 e. The van der Waals surface area contributed by atoms with Crippen LogP contribution in [0.25, 0.3) is 11.4 Å². The Morgan fingerprint density at radius 3 is 2.61 bits per heavy atom. The number of nitrogens with zero attached hydrogens (tertiary/aromatic N) is 4. The highest BCUT2D eigenvalue weighted by Crippen LogP contribution is 2.19. The van der Waals surface area contributed by atoms with Crippen LogP contribution in [0.5, 0.6) is 0 Å². The van der Waals surface area contributed by atoms with E-state index in [1.807, 2.05) is 43.5 Å². The number of halogens is 1. The van der Waals surface area contributed by atoms with E-state index in [1.54, 1.807) is 27.7 Å². The predicted molar refractivity (Wildman–Crippen MR) is 104 cm³/mol. The fourth-order valence-electron chi connectivity index (χ4n) is 3.05. The highest BCUT2D eigenvalue weighted by molar-refractivity contribution is 6.05. The Balaban J connectivity index is 1.61. The lowest BCUT2D eigenvalue weighted by atomic mass is 10.1. The smallest absolute Gasteiger partial charge is 0.259 e. The van der Waals surface area contributed by atoms with Gasteiger partial charge in [0, 0.05) is 18.1 Å². The Labute approximate surface area is 161 Å². The molecule has 0 fully saturated rings. The second-order valence-corrected chi connectivity index (χ2v) is 6.20. The van der Waals surface area contributed by atoms with E-state index in [2.05, 4.69) is 15.5 Å². The summed E-state index contributed by atoms with van der Waals surface area (Å²) in [5.74, 6) is -0.563. The lowest BCUT2D eigenvalue weighted by Gasteiger charge is -2.10. The second kappa shape index (κ2) is 7.48. The Morgan fingerprint density at radius 1 is 1.07 bits per heavy atom. The molecule has 0 aliphatic carbocycles. The molecule has 0 spiro atoms. The lowest BCUT2D eigenvalue weighted by Crippen LogP contribution is -2.14. The van der Waals surface area contributed by atoms with Crippen LogP contribution < -0.4 is 5.32 Å². The number of aromatic nitrogens is 4. The van der Waals surface area contributed by atoms with Gasteiger partial charge in [-0.3, -0.25) is 4.79 Å². The molecule has 7 heteroatoms. The average molecular weight is 375 g/mol. The van der Waals surface area contributed by atoms with E-state index in [0.717, 1.165) is 11.4 Å². The molecule has 4 aromatic rings. The van der Waals surface area contributed by atoms with E-state index < -0.39 is 0 Å². The summed E-state index contributed by atoms with van der Waals surface area (Å²) >= 11 is 0. The summed E-state index contributed by atoms with van der Waals surface area (Å²) in [6.45, 7) is 1.95. The van der Waals surface area contributed by atoms with E-state index in [1.165, 1.54) is 18.3 Å². The molecule has 2 aromatic carbocycles. The Bertz CT molecular complexity index is 1100. The molecule has 0 bridgehead atoms. The Kier molecular flexibility index (Phi) is 4.72. The van der Waals surface area contributed by atoms with E-state index in [9.17, 15) is 9.18 Å². The third-order valence-corrected chi connectivity index (χ3v) is 4.39. The maximum Gasteiger partial charge on any atom is 0.259 e. The zero-order valence-corrected chi connectivity index (χ0v) is 15.2. The number of rotatable bonds is 5. The highest BCUT2D eigenvalue weighted by Gasteiger charge is 2.17. The van der Waals surface area contributed by atoms with Crippen molar-refractivity contribution < 1.29 is 9.18 Å². The predicted octanol–water partition coefficient (Wildman–Crippen LogP) is 4.01. The molecule has 28 heavy (non-hydrogen) atoms. The van der Waals surface area contributed by atoms with E-state index in [4.69, 9.17) is 0 Å². The van der Waals surface area contributed by atoms with Crippen molar-refractivity contribution in [2.45, 2.75) is 13.3 Å². The monoisotopic (exact) mass is 375 g/mol. The van der Waals surface area contributed by atoms with Gasteiger partial charge in [0.15, 0.2) is 0 Å². The van der Waals surface area contributed by atoms with Gasteiger partial charge in [-0.15, -0.1) is 0 Å². The van der Waals surface area contributed by atoms with Crippen LogP contribution in [0.15, 0.2) is 73.2 Å². The summed E-state index contributed by atoms with van der Waals surface area (Å²) in [4.78, 5) is 12.8. The van der Waals surface area contributed by atoms with Crippen molar-refractivity contribution in [1.82, 2.24) is 19.6 Å². The lowest BCUT2D eigenvalue weighted by molar-refractivity contribution is 0.102. The van der Waals surface area contributed by atoms with Crippen LogP contribution in [0, 0.1) is 5.82 Å². The van der Waals surface area contributed by atoms with E-state index >= 15 is 0 Å². The first-order valence-corrected chi connectivity index (χ1v) is 8.90. The second-order valence-electron chi connectivity index (χ2n) is 6.20. The molecule has 2 aromatic heterocycles. The fraction of sp³-hybridized carbons (Fsp3) is 0.0952. The van der Waals surface area contributed by atoms with Crippen LogP contribution in [0.2, 0.25) is 0 Å². The maximum absolute atomic E-state index is 13.2. The van der Waals surface area contributed by atoms with Crippen LogP contribution >= 0.6 is 0 Å². The summed E-state index contributed by atoms with van der Waals surface area (Å²) in [5.41, 5.74) is 3.46. The van der Waals surface area contributed by atoms with Gasteiger partial charge in [0.05, 0.1) is 28.8 Å². The minimum atomic E-state index is -0.316. The molecule has 0 unspecified atom stereocenters. The Morgan fingerprint density at radius 2 is 1.89 bits per heavy atom. The van der Waals surface area contributed by atoms with Gasteiger partial charge in [0.25, 0.3) is 5.91 Å². The van der Waals surface area contributed by atoms with Gasteiger partial charge in [-0.1, -0.05) is 13.0 Å². The van der Waals surface area contributed by atoms with Gasteiger partial charge in [-0.2, -0.15) is 10.2 Å². The molecule has 6 nitrogen and oxygen atoms in total. The van der Waals surface area contributed by atoms with Gasteiger partial charge in [-0.05, 0) is 55.0 Å². The standard InChI is InChI=1S/C21H18FN5O/c1-2-20-19(14-24-27(20)17-9-7-15(22)8-10-17)21(28)25-16-5-3-6-18(13-16)26-12-4-11-23-26/h3-14H,2H2,1H3,(H,25,28). The van der Waals surface area contributed by atoms with Crippen LogP contribution in [0.1, 0.15) is 23.0 Å². The Hall–Kier alpha value is -3.74. The van der Waals surface area contributed by atoms with Crippen LogP contribution in [0.4, 0.5) is 10.1 Å². The average Bonchev–Trinajstić information content (AvgIpc) is 3.38. The third-order valence-electron chi connectivity index (χ3n) is 4.39. The summed E-state index contributed by atoms with van der Waals surface area (Å²) in [6.07, 6.45) is 5.67. The van der Waals surface area contributed by atoms with Gasteiger partial charge >= 0.3 is 0 Å². The molecule has 0 saturated heterocycles. The third kappa shape index (κ3) is 3.42. The summed E-state index contributed by atoms with van der Waals surface area (Å²) in [5, 5.41) is 11.4. The number of nitrogens with one attached hydrogen (secondary N) is 1. The molecular formula is C21H18FN5O. The molecule has 0 radical (unpaired) electrons. The number of anilines is 1. The highest BCUT2D eigenvalue weighted by atomic mass is 19.1. The van der Waals surface area contributed by atoms with Gasteiger partial charge in [-0.25, -0.2) is 13.8 Å². The number of hydrogen-bond donors (Lipinski definition) is 1. The van der Waals surface area contributed by atoms with Crippen molar-refractivity contribution in [2.75, 3.05) is 5.32 Å². The molecule has 1 amide bonds. The van der Waals surface area contributed by atoms with Crippen molar-refractivity contribution in [1.29, 1.82) is 0 Å². The normalized spacial score (nSPS) is 10.8. The summed E-state index contributed by atoms with van der Waals surface area (Å²) in [6, 6.07) is 15.3. The van der Waals surface area contributed by atoms with Crippen LogP contribution in [-0.2, 0) is 6.42 Å². The number of carbonyl (C=O) groups excluding carboxylic acids is 1. The number of carbonyl (C=O) groups is 1. The minimum Gasteiger partial charge on any atom is -0.322 e. The van der Waals surface area contributed by atoms with Crippen molar-refractivity contribution in [3.63, 3.8) is 0 Å². The molecule has 2 heterocycles. The van der Waals surface area contributed by atoms with Gasteiger partial charge in [0.1, 0.15) is 5.82 Å². The minimum absolute atomic E-state index is 0.247. The molecule has 0 aliphatic heterocycles. The SMILES string of the molecule is CCc1c(C(=O)Nc2cccc(-n3cccn3)c2)cnn1-c1ccc(F)cc1. The zero-order valence-electron chi connectivity index (χ0n) is 15.2. The first-order chi connectivity index (χ1) is 13.7. The molecule has 4 rings (SSSR count). The van der Waals surface area contributed by atoms with Crippen molar-refractivity contribution >= 4 is 11.6 Å². The summed E-state index contributed by atoms with van der Waals surface area (Å²) < 4.78 is 16.6. The zero-order chi connectivity index (χ0) is 19.5. The fourth-order valence-corrected chi connectivity index (χ4v) is 3.05. The van der Waals surface area contributed by atoms with Gasteiger partial charge in [0.2, 0.25) is 0 Å². The van der Waals surface area contributed by atoms with E-state index in [-0.39, 0.29) is 11.7 Å². The van der Waals surface area contributed by atoms with Crippen molar-refractivity contribution in [2.24, 2.45) is 0 Å². The number of benzene rings is 2. The topological polar surface area (TPSA) is 64.7 Å². The summed E-state index contributed by atoms with van der Waals surface area (Å²) in [7, 11) is 0. The van der Waals surface area contributed by atoms with Crippen molar-refractivity contribution in [3.05, 3.63) is 90.3 Å². The van der Waals surface area contributed by atoms with Crippen LogP contribution in [-0.4, -0.2) is 25.5 Å². The molecule has 0 saturated carbocycles. The first-order valence-electron chi connectivity index (χ1n) is 8.90. The maximum atomic E-state index is 13.2. The molecule has 0 aliphatic rings. The van der Waals surface area contributed by atoms with E-state index in [0.29, 0.717) is 23.4 Å². The molecule has 140 valence electrons. The number of hydrogen-bond acceptors (Lipinski definition) is 3. The van der Waals surface area contributed by atoms with Gasteiger partial charge < -0.3 is 5.32 Å². The number of amides is 1.